The van der Waals surface area contributed by atoms with Crippen molar-refractivity contribution >= 4 is 39.0 Å². The van der Waals surface area contributed by atoms with E-state index in [9.17, 15) is 5.11 Å². The molecule has 0 aliphatic heterocycles. The molecule has 3 atom stereocenters. The number of fused-ring (bicyclic) bond motifs is 1. The summed E-state index contributed by atoms with van der Waals surface area (Å²) in [6.45, 7) is 10.5. The normalized spacial score (nSPS) is 22.7. The van der Waals surface area contributed by atoms with Gasteiger partial charge >= 0.3 is 0 Å². The Morgan fingerprint density at radius 3 is 2.85 bits per heavy atom. The van der Waals surface area contributed by atoms with Crippen molar-refractivity contribution in [1.29, 1.82) is 0 Å². The van der Waals surface area contributed by atoms with Crippen LogP contribution in [-0.4, -0.2) is 52.0 Å². The van der Waals surface area contributed by atoms with Crippen LogP contribution in [0.4, 0.5) is 17.5 Å². The summed E-state index contributed by atoms with van der Waals surface area (Å²) in [5.41, 5.74) is 9.12. The van der Waals surface area contributed by atoms with Crippen LogP contribution in [0.15, 0.2) is 18.2 Å². The molecule has 2 heterocycles. The van der Waals surface area contributed by atoms with Gasteiger partial charge in [-0.1, -0.05) is 6.92 Å². The smallest absolute Gasteiger partial charge is 0.224 e. The first-order valence-electron chi connectivity index (χ1n) is 11.6. The number of nitrogens with zero attached hydrogens (tertiary/aromatic N) is 3. The highest BCUT2D eigenvalue weighted by atomic mass is 32.1. The number of hydrogen-bond acceptors (Lipinski definition) is 9. The molecule has 0 spiro atoms. The van der Waals surface area contributed by atoms with Crippen LogP contribution in [0.2, 0.25) is 0 Å². The number of benzene rings is 1. The van der Waals surface area contributed by atoms with Crippen LogP contribution in [0.3, 0.4) is 0 Å². The van der Waals surface area contributed by atoms with E-state index in [1.54, 1.807) is 11.3 Å². The van der Waals surface area contributed by atoms with Gasteiger partial charge in [-0.2, -0.15) is 4.98 Å². The number of thiazole rings is 1. The maximum absolute atomic E-state index is 9.81. The van der Waals surface area contributed by atoms with Gasteiger partial charge in [0.15, 0.2) is 0 Å². The van der Waals surface area contributed by atoms with E-state index in [2.05, 4.69) is 24.5 Å². The number of nitrogens with two attached hydrogens (primary N) is 1. The number of nitrogen functional groups attached to an aromatic ring is 1. The van der Waals surface area contributed by atoms with Crippen LogP contribution >= 0.6 is 11.3 Å². The Labute approximate surface area is 199 Å². The lowest BCUT2D eigenvalue weighted by Gasteiger charge is -2.34. The Bertz CT molecular complexity index is 1120. The van der Waals surface area contributed by atoms with Gasteiger partial charge in [0.25, 0.3) is 0 Å². The fourth-order valence-corrected chi connectivity index (χ4v) is 5.65. The number of hydrogen-bond donors (Lipinski definition) is 4. The molecule has 5 N–H and O–H groups in total. The highest BCUT2D eigenvalue weighted by Gasteiger charge is 2.42. The lowest BCUT2D eigenvalue weighted by molar-refractivity contribution is 0.158. The molecule has 4 rings (SSSR count). The Balaban J connectivity index is 1.74. The summed E-state index contributed by atoms with van der Waals surface area (Å²) in [4.78, 5) is 14.5. The van der Waals surface area contributed by atoms with Gasteiger partial charge in [-0.3, -0.25) is 0 Å². The quantitative estimate of drug-likeness (QED) is 0.270. The molecule has 1 saturated carbocycles. The minimum Gasteiger partial charge on any atom is -0.399 e. The molecule has 178 valence electrons. The SMILES string of the molecule is CCOCCNc1nc(C)c(-c2nc3cc(N)ccc3s2)c(NC2(C)CCC(CO)C2C)n1. The van der Waals surface area contributed by atoms with Gasteiger partial charge in [0.2, 0.25) is 5.95 Å². The molecule has 9 heteroatoms. The van der Waals surface area contributed by atoms with Crippen molar-refractivity contribution in [3.05, 3.63) is 23.9 Å². The monoisotopic (exact) mass is 470 g/mol. The van der Waals surface area contributed by atoms with Crippen LogP contribution in [0.1, 0.15) is 39.3 Å². The van der Waals surface area contributed by atoms with E-state index in [4.69, 9.17) is 25.4 Å². The van der Waals surface area contributed by atoms with E-state index in [1.807, 2.05) is 32.0 Å². The fraction of sp³-hybridized carbons (Fsp3) is 0.542. The average Bonchev–Trinajstić information content (AvgIpc) is 3.31. The lowest BCUT2D eigenvalue weighted by Crippen LogP contribution is -2.40. The van der Waals surface area contributed by atoms with Crippen molar-refractivity contribution in [3.8, 4) is 10.6 Å². The predicted molar refractivity (Wildman–Crippen MR) is 136 cm³/mol. The summed E-state index contributed by atoms with van der Waals surface area (Å²) in [6.07, 6.45) is 1.95. The second kappa shape index (κ2) is 9.79. The first-order chi connectivity index (χ1) is 15.8. The van der Waals surface area contributed by atoms with Crippen molar-refractivity contribution < 1.29 is 9.84 Å². The first kappa shape index (κ1) is 23.7. The highest BCUT2D eigenvalue weighted by Crippen LogP contribution is 2.44. The molecule has 2 aromatic heterocycles. The van der Waals surface area contributed by atoms with Gasteiger partial charge in [-0.05, 0) is 63.6 Å². The van der Waals surface area contributed by atoms with Gasteiger partial charge in [0.05, 0.1) is 28.1 Å². The highest BCUT2D eigenvalue weighted by molar-refractivity contribution is 7.21. The minimum absolute atomic E-state index is 0.188. The van der Waals surface area contributed by atoms with E-state index < -0.39 is 0 Å². The zero-order valence-electron chi connectivity index (χ0n) is 19.8. The van der Waals surface area contributed by atoms with Gasteiger partial charge in [-0.15, -0.1) is 11.3 Å². The fourth-order valence-electron chi connectivity index (χ4n) is 4.61. The Hall–Kier alpha value is -2.49. The molecule has 0 saturated heterocycles. The first-order valence-corrected chi connectivity index (χ1v) is 12.4. The lowest BCUT2D eigenvalue weighted by atomic mass is 9.86. The summed E-state index contributed by atoms with van der Waals surface area (Å²) in [5.74, 6) is 1.91. The number of aliphatic hydroxyl groups is 1. The molecule has 8 nitrogen and oxygen atoms in total. The van der Waals surface area contributed by atoms with Crippen LogP contribution < -0.4 is 16.4 Å². The number of nitrogens with one attached hydrogen (secondary N) is 2. The van der Waals surface area contributed by atoms with E-state index in [1.165, 1.54) is 0 Å². The van der Waals surface area contributed by atoms with Gasteiger partial charge in [-0.25, -0.2) is 9.97 Å². The third kappa shape index (κ3) is 4.90. The zero-order chi connectivity index (χ0) is 23.6. The van der Waals surface area contributed by atoms with Crippen molar-refractivity contribution in [1.82, 2.24) is 15.0 Å². The third-order valence-corrected chi connectivity index (χ3v) is 7.89. The van der Waals surface area contributed by atoms with Crippen LogP contribution in [0.5, 0.6) is 0 Å². The molecule has 0 radical (unpaired) electrons. The summed E-state index contributed by atoms with van der Waals surface area (Å²) in [6, 6.07) is 5.80. The minimum atomic E-state index is -0.188. The molecule has 1 aromatic carbocycles. The largest absolute Gasteiger partial charge is 0.399 e. The maximum atomic E-state index is 9.81. The number of anilines is 3. The van der Waals surface area contributed by atoms with Crippen molar-refractivity contribution in [2.75, 3.05) is 42.7 Å². The van der Waals surface area contributed by atoms with Crippen LogP contribution in [0, 0.1) is 18.8 Å². The van der Waals surface area contributed by atoms with Crippen molar-refractivity contribution in [2.45, 2.75) is 46.1 Å². The van der Waals surface area contributed by atoms with Gasteiger partial charge < -0.3 is 26.2 Å². The van der Waals surface area contributed by atoms with E-state index in [0.717, 1.165) is 45.1 Å². The zero-order valence-corrected chi connectivity index (χ0v) is 20.6. The number of aromatic nitrogens is 3. The molecular formula is C24H34N6O2S. The van der Waals surface area contributed by atoms with Gasteiger partial charge in [0, 0.05) is 31.0 Å². The molecule has 0 bridgehead atoms. The second-order valence-electron chi connectivity index (χ2n) is 9.04. The van der Waals surface area contributed by atoms with E-state index in [-0.39, 0.29) is 18.1 Å². The van der Waals surface area contributed by atoms with Crippen molar-refractivity contribution in [3.63, 3.8) is 0 Å². The van der Waals surface area contributed by atoms with Crippen LogP contribution in [0.25, 0.3) is 20.8 Å². The summed E-state index contributed by atoms with van der Waals surface area (Å²) < 4.78 is 6.51. The standard InChI is InChI=1S/C24H34N6O2S/c1-5-32-11-10-26-23-27-15(3)20(22-28-18-12-17(25)6-7-19(18)33-22)21(29-23)30-24(4)9-8-16(13-31)14(24)2/h6-7,12,14,16,31H,5,8-11,13,25H2,1-4H3,(H2,26,27,29,30). The van der Waals surface area contributed by atoms with E-state index >= 15 is 0 Å². The summed E-state index contributed by atoms with van der Waals surface area (Å²) in [7, 11) is 0. The molecule has 33 heavy (non-hydrogen) atoms. The molecule has 3 aromatic rings. The third-order valence-electron chi connectivity index (χ3n) is 6.83. The Morgan fingerprint density at radius 2 is 2.12 bits per heavy atom. The molecule has 1 fully saturated rings. The summed E-state index contributed by atoms with van der Waals surface area (Å²) >= 11 is 1.61. The Morgan fingerprint density at radius 1 is 1.30 bits per heavy atom. The molecule has 1 aliphatic rings. The molecule has 1 aliphatic carbocycles. The average molecular weight is 471 g/mol. The number of aliphatic hydroxyl groups excluding tert-OH is 1. The van der Waals surface area contributed by atoms with Crippen molar-refractivity contribution in [2.24, 2.45) is 11.8 Å². The maximum Gasteiger partial charge on any atom is 0.224 e. The molecule has 3 unspecified atom stereocenters. The molecule has 0 amide bonds. The summed E-state index contributed by atoms with van der Waals surface area (Å²) in [5, 5.41) is 17.7. The predicted octanol–water partition coefficient (Wildman–Crippen LogP) is 4.30. The Kier molecular flexibility index (Phi) is 7.02. The topological polar surface area (TPSA) is 118 Å². The van der Waals surface area contributed by atoms with E-state index in [0.29, 0.717) is 37.3 Å². The van der Waals surface area contributed by atoms with Gasteiger partial charge in [0.1, 0.15) is 10.8 Å². The number of aryl methyl sites for hydroxylation is 1. The molecular weight excluding hydrogens is 436 g/mol. The number of rotatable bonds is 9. The second-order valence-corrected chi connectivity index (χ2v) is 10.1. The number of ether oxygens (including phenoxy) is 1. The van der Waals surface area contributed by atoms with Crippen LogP contribution in [-0.2, 0) is 4.74 Å².